The summed E-state index contributed by atoms with van der Waals surface area (Å²) in [5, 5.41) is 0.518. The number of methoxy groups -OCH3 is 1. The Hall–Kier alpha value is -1.33. The number of carbonyl (C=O) groups is 1. The lowest BCUT2D eigenvalue weighted by molar-refractivity contribution is 0.0776. The fraction of sp³-hybridized carbons (Fsp3) is 0.385. The molecule has 0 fully saturated rings. The third-order valence-electron chi connectivity index (χ3n) is 2.52. The fourth-order valence-corrected chi connectivity index (χ4v) is 2.04. The van der Waals surface area contributed by atoms with E-state index in [4.69, 9.17) is 34.3 Å². The van der Waals surface area contributed by atoms with E-state index in [0.29, 0.717) is 22.9 Å². The first-order valence-electron chi connectivity index (χ1n) is 5.90. The molecule has 1 aromatic carbocycles. The predicted molar refractivity (Wildman–Crippen MR) is 81.0 cm³/mol. The van der Waals surface area contributed by atoms with Crippen molar-refractivity contribution in [1.82, 2.24) is 4.90 Å². The van der Waals surface area contributed by atoms with Gasteiger partial charge in [0.05, 0.1) is 24.2 Å². The molecule has 1 amide bonds. The Kier molecular flexibility index (Phi) is 6.05. The van der Waals surface area contributed by atoms with Gasteiger partial charge in [0.1, 0.15) is 5.75 Å². The van der Waals surface area contributed by atoms with Crippen LogP contribution in [-0.2, 0) is 0 Å². The number of carbonyl (C=O) groups excluding carboxylic acids is 1. The summed E-state index contributed by atoms with van der Waals surface area (Å²) in [6.45, 7) is 2.83. The largest absolute Gasteiger partial charge is 0.496 e. The van der Waals surface area contributed by atoms with Gasteiger partial charge < -0.3 is 15.4 Å². The van der Waals surface area contributed by atoms with Crippen molar-refractivity contribution in [1.29, 1.82) is 0 Å². The highest BCUT2D eigenvalue weighted by Gasteiger charge is 2.19. The molecule has 0 saturated heterocycles. The zero-order valence-electron chi connectivity index (χ0n) is 11.0. The minimum Gasteiger partial charge on any atom is -0.496 e. The number of nitrogens with two attached hydrogens (primary N) is 1. The van der Waals surface area contributed by atoms with Gasteiger partial charge in [0.25, 0.3) is 5.91 Å². The summed E-state index contributed by atoms with van der Waals surface area (Å²) >= 11 is 10.7. The van der Waals surface area contributed by atoms with Crippen LogP contribution in [0, 0.1) is 0 Å². The number of rotatable bonds is 6. The topological polar surface area (TPSA) is 55.6 Å². The summed E-state index contributed by atoms with van der Waals surface area (Å²) < 4.78 is 5.18. The van der Waals surface area contributed by atoms with Crippen molar-refractivity contribution < 1.29 is 9.53 Å². The molecule has 0 unspecified atom stereocenters. The van der Waals surface area contributed by atoms with E-state index in [0.717, 1.165) is 6.42 Å². The van der Waals surface area contributed by atoms with E-state index in [1.165, 1.54) is 7.11 Å². The average Bonchev–Trinajstić information content (AvgIpc) is 2.36. The number of halogens is 1. The Morgan fingerprint density at radius 2 is 2.21 bits per heavy atom. The van der Waals surface area contributed by atoms with Crippen molar-refractivity contribution in [2.75, 3.05) is 20.2 Å². The molecule has 0 bridgehead atoms. The summed E-state index contributed by atoms with van der Waals surface area (Å²) in [6.07, 6.45) is 0.824. The first-order chi connectivity index (χ1) is 8.99. The van der Waals surface area contributed by atoms with Gasteiger partial charge in [0, 0.05) is 11.6 Å². The van der Waals surface area contributed by atoms with Crippen molar-refractivity contribution >= 4 is 34.7 Å². The van der Waals surface area contributed by atoms with Crippen LogP contribution in [0.2, 0.25) is 5.02 Å². The van der Waals surface area contributed by atoms with Gasteiger partial charge in [-0.05, 0) is 24.6 Å². The van der Waals surface area contributed by atoms with Gasteiger partial charge in [0.15, 0.2) is 0 Å². The van der Waals surface area contributed by atoms with Gasteiger partial charge >= 0.3 is 0 Å². The number of amides is 1. The third-order valence-corrected chi connectivity index (χ3v) is 2.89. The normalized spacial score (nSPS) is 10.1. The van der Waals surface area contributed by atoms with E-state index in [1.807, 2.05) is 6.92 Å². The summed E-state index contributed by atoms with van der Waals surface area (Å²) in [5.41, 5.74) is 5.97. The van der Waals surface area contributed by atoms with Gasteiger partial charge in [-0.15, -0.1) is 0 Å². The van der Waals surface area contributed by atoms with E-state index >= 15 is 0 Å². The Bertz CT molecular complexity index is 480. The lowest BCUT2D eigenvalue weighted by Gasteiger charge is -2.22. The molecule has 0 radical (unpaired) electrons. The molecular weight excluding hydrogens is 284 g/mol. The molecule has 0 heterocycles. The number of hydrogen-bond acceptors (Lipinski definition) is 3. The molecule has 104 valence electrons. The maximum absolute atomic E-state index is 12.4. The Morgan fingerprint density at radius 1 is 1.53 bits per heavy atom. The Labute approximate surface area is 123 Å². The molecular formula is C13H17ClN2O2S. The average molecular weight is 301 g/mol. The van der Waals surface area contributed by atoms with E-state index in [1.54, 1.807) is 23.1 Å². The van der Waals surface area contributed by atoms with E-state index < -0.39 is 0 Å². The number of thiocarbonyl (C=S) groups is 1. The summed E-state index contributed by atoms with van der Waals surface area (Å²) in [6, 6.07) is 4.91. The van der Waals surface area contributed by atoms with Crippen LogP contribution in [0.1, 0.15) is 23.7 Å². The highest BCUT2D eigenvalue weighted by Crippen LogP contribution is 2.24. The lowest BCUT2D eigenvalue weighted by Crippen LogP contribution is -2.38. The smallest absolute Gasteiger partial charge is 0.257 e. The molecule has 0 spiro atoms. The number of nitrogens with zero attached hydrogens (tertiary/aromatic N) is 1. The van der Waals surface area contributed by atoms with Crippen LogP contribution in [0.25, 0.3) is 0 Å². The van der Waals surface area contributed by atoms with Crippen LogP contribution in [0.3, 0.4) is 0 Å². The molecule has 19 heavy (non-hydrogen) atoms. The van der Waals surface area contributed by atoms with Crippen LogP contribution < -0.4 is 10.5 Å². The van der Waals surface area contributed by atoms with Crippen LogP contribution in [0.5, 0.6) is 5.75 Å². The monoisotopic (exact) mass is 300 g/mol. The minimum absolute atomic E-state index is 0.164. The molecule has 1 aromatic rings. The fourth-order valence-electron chi connectivity index (χ4n) is 1.72. The molecule has 0 aromatic heterocycles. The van der Waals surface area contributed by atoms with Crippen molar-refractivity contribution in [2.45, 2.75) is 13.3 Å². The van der Waals surface area contributed by atoms with E-state index in [2.05, 4.69) is 0 Å². The standard InChI is InChI=1S/C13H17ClN2O2S/c1-3-6-16(8-12(15)19)13(17)10-5-4-9(14)7-11(10)18-2/h4-5,7H,3,6,8H2,1-2H3,(H2,15,19). The lowest BCUT2D eigenvalue weighted by atomic mass is 10.1. The van der Waals surface area contributed by atoms with Crippen LogP contribution in [0.15, 0.2) is 18.2 Å². The molecule has 2 N–H and O–H groups in total. The SMILES string of the molecule is CCCN(CC(N)=S)C(=O)c1ccc(Cl)cc1OC. The second-order valence-electron chi connectivity index (χ2n) is 4.04. The maximum Gasteiger partial charge on any atom is 0.257 e. The summed E-state index contributed by atoms with van der Waals surface area (Å²) in [7, 11) is 1.50. The van der Waals surface area contributed by atoms with Gasteiger partial charge in [-0.1, -0.05) is 30.7 Å². The van der Waals surface area contributed by atoms with Crippen LogP contribution in [-0.4, -0.2) is 36.0 Å². The molecule has 0 atom stereocenters. The van der Waals surface area contributed by atoms with Gasteiger partial charge in [-0.3, -0.25) is 4.79 Å². The van der Waals surface area contributed by atoms with Crippen molar-refractivity contribution in [3.8, 4) is 5.75 Å². The summed E-state index contributed by atoms with van der Waals surface area (Å²) in [4.78, 5) is 14.3. The zero-order chi connectivity index (χ0) is 14.4. The van der Waals surface area contributed by atoms with Crippen LogP contribution in [0.4, 0.5) is 0 Å². The summed E-state index contributed by atoms with van der Waals surface area (Å²) in [5.74, 6) is 0.282. The van der Waals surface area contributed by atoms with Gasteiger partial charge in [-0.25, -0.2) is 0 Å². The Balaban J connectivity index is 3.04. The molecule has 4 nitrogen and oxygen atoms in total. The number of hydrogen-bond donors (Lipinski definition) is 1. The molecule has 0 aliphatic carbocycles. The third kappa shape index (κ3) is 4.36. The second kappa shape index (κ2) is 7.31. The molecule has 0 saturated carbocycles. The Morgan fingerprint density at radius 3 is 2.74 bits per heavy atom. The quantitative estimate of drug-likeness (QED) is 0.820. The van der Waals surface area contributed by atoms with Gasteiger partial charge in [0.2, 0.25) is 0 Å². The molecule has 1 rings (SSSR count). The second-order valence-corrected chi connectivity index (χ2v) is 5.00. The first-order valence-corrected chi connectivity index (χ1v) is 6.69. The minimum atomic E-state index is -0.164. The zero-order valence-corrected chi connectivity index (χ0v) is 12.6. The molecule has 6 heteroatoms. The number of ether oxygens (including phenoxy) is 1. The van der Waals surface area contributed by atoms with E-state index in [9.17, 15) is 4.79 Å². The molecule has 0 aliphatic heterocycles. The highest BCUT2D eigenvalue weighted by atomic mass is 35.5. The van der Waals surface area contributed by atoms with E-state index in [-0.39, 0.29) is 17.4 Å². The van der Waals surface area contributed by atoms with Crippen molar-refractivity contribution in [3.63, 3.8) is 0 Å². The first kappa shape index (κ1) is 15.7. The maximum atomic E-state index is 12.4. The highest BCUT2D eigenvalue weighted by molar-refractivity contribution is 7.80. The van der Waals surface area contributed by atoms with Gasteiger partial charge in [-0.2, -0.15) is 0 Å². The van der Waals surface area contributed by atoms with Crippen LogP contribution >= 0.6 is 23.8 Å². The molecule has 0 aliphatic rings. The predicted octanol–water partition coefficient (Wildman–Crippen LogP) is 2.49. The number of benzene rings is 1. The van der Waals surface area contributed by atoms with Crippen molar-refractivity contribution in [2.24, 2.45) is 5.73 Å². The van der Waals surface area contributed by atoms with Crippen molar-refractivity contribution in [3.05, 3.63) is 28.8 Å².